The summed E-state index contributed by atoms with van der Waals surface area (Å²) in [5.74, 6) is 1.34. The number of aryl methyl sites for hydroxylation is 1. The van der Waals surface area contributed by atoms with E-state index in [1.54, 1.807) is 14.1 Å². The first kappa shape index (κ1) is 13.3. The molecule has 0 fully saturated rings. The Morgan fingerprint density at radius 1 is 1.37 bits per heavy atom. The number of nitrogens with zero attached hydrogens (tertiary/aromatic N) is 3. The van der Waals surface area contributed by atoms with Crippen molar-refractivity contribution in [3.63, 3.8) is 0 Å². The van der Waals surface area contributed by atoms with Crippen molar-refractivity contribution < 1.29 is 0 Å². The van der Waals surface area contributed by atoms with Crippen molar-refractivity contribution in [3.8, 4) is 0 Å². The van der Waals surface area contributed by atoms with Crippen LogP contribution in [-0.2, 0) is 12.8 Å². The molecule has 2 N–H and O–H groups in total. The topological polar surface area (TPSA) is 92.7 Å². The highest BCUT2D eigenvalue weighted by atomic mass is 32.2. The minimum Gasteiger partial charge on any atom is -0.373 e. The van der Waals surface area contributed by atoms with Crippen LogP contribution in [0, 0.1) is 0 Å². The lowest BCUT2D eigenvalue weighted by Gasteiger charge is -2.06. The van der Waals surface area contributed by atoms with Crippen LogP contribution in [0.1, 0.15) is 5.69 Å². The van der Waals surface area contributed by atoms with Crippen LogP contribution in [0.5, 0.6) is 0 Å². The summed E-state index contributed by atoms with van der Waals surface area (Å²) in [4.78, 5) is 30.3. The van der Waals surface area contributed by atoms with Gasteiger partial charge in [-0.25, -0.2) is 4.98 Å². The van der Waals surface area contributed by atoms with E-state index in [0.717, 1.165) is 11.5 Å². The van der Waals surface area contributed by atoms with Crippen LogP contribution >= 0.6 is 11.8 Å². The Balaban J connectivity index is 2.16. The third-order valence-corrected chi connectivity index (χ3v) is 3.42. The molecule has 8 heteroatoms. The van der Waals surface area contributed by atoms with Crippen molar-refractivity contribution in [2.24, 2.45) is 7.05 Å². The number of nitrogens with one attached hydrogen (secondary N) is 2. The molecule has 2 heterocycles. The van der Waals surface area contributed by atoms with Crippen LogP contribution in [0.15, 0.2) is 32.9 Å². The summed E-state index contributed by atoms with van der Waals surface area (Å²) in [5, 5.41) is 5.80. The molecule has 0 aromatic carbocycles. The Morgan fingerprint density at radius 3 is 2.89 bits per heavy atom. The van der Waals surface area contributed by atoms with E-state index in [-0.39, 0.29) is 0 Å². The highest BCUT2D eigenvalue weighted by molar-refractivity contribution is 7.98. The maximum atomic E-state index is 11.2. The summed E-state index contributed by atoms with van der Waals surface area (Å²) < 4.78 is 1.43. The number of aromatic amines is 1. The van der Waals surface area contributed by atoms with Gasteiger partial charge in [0.05, 0.1) is 5.69 Å². The number of thioether (sulfide) groups is 1. The van der Waals surface area contributed by atoms with E-state index in [4.69, 9.17) is 0 Å². The lowest BCUT2D eigenvalue weighted by atomic mass is 10.4. The highest BCUT2D eigenvalue weighted by Crippen LogP contribution is 2.18. The number of pyridine rings is 1. The standard InChI is InChI=1S/C11H13N5O2S/c1-12-8-5-3-4-7(13-8)6-19-11-14-9(17)10(18)15-16(11)2/h3-5H,6H2,1-2H3,(H,12,13)(H,15,18). The van der Waals surface area contributed by atoms with Crippen LogP contribution in [0.2, 0.25) is 0 Å². The fourth-order valence-electron chi connectivity index (χ4n) is 1.43. The van der Waals surface area contributed by atoms with E-state index in [9.17, 15) is 9.59 Å². The van der Waals surface area contributed by atoms with Crippen molar-refractivity contribution in [2.45, 2.75) is 10.9 Å². The van der Waals surface area contributed by atoms with Gasteiger partial charge in [0.1, 0.15) is 5.82 Å². The summed E-state index contributed by atoms with van der Waals surface area (Å²) in [6.07, 6.45) is 0. The Morgan fingerprint density at radius 2 is 2.16 bits per heavy atom. The molecule has 0 aliphatic heterocycles. The molecule has 0 bridgehead atoms. The predicted molar refractivity (Wildman–Crippen MR) is 73.4 cm³/mol. The molecule has 0 aliphatic carbocycles. The van der Waals surface area contributed by atoms with E-state index in [1.807, 2.05) is 18.2 Å². The minimum absolute atomic E-state index is 0.446. The van der Waals surface area contributed by atoms with Crippen LogP contribution in [0.3, 0.4) is 0 Å². The van der Waals surface area contributed by atoms with Gasteiger partial charge in [0, 0.05) is 19.8 Å². The molecule has 0 radical (unpaired) electrons. The molecule has 2 rings (SSSR count). The zero-order valence-electron chi connectivity index (χ0n) is 10.5. The monoisotopic (exact) mass is 279 g/mol. The SMILES string of the molecule is CNc1cccc(CSc2nc(=O)c(=O)[nH]n2C)n1. The first-order valence-electron chi connectivity index (χ1n) is 5.54. The van der Waals surface area contributed by atoms with E-state index in [2.05, 4.69) is 20.4 Å². The molecule has 0 unspecified atom stereocenters. The van der Waals surface area contributed by atoms with Crippen LogP contribution in [0.4, 0.5) is 5.82 Å². The number of hydrogen-bond acceptors (Lipinski definition) is 6. The third kappa shape index (κ3) is 3.22. The first-order chi connectivity index (χ1) is 9.10. The molecule has 0 saturated heterocycles. The molecule has 0 saturated carbocycles. The molecule has 0 spiro atoms. The largest absolute Gasteiger partial charge is 0.373 e. The fourth-order valence-corrected chi connectivity index (χ4v) is 2.25. The highest BCUT2D eigenvalue weighted by Gasteiger charge is 2.05. The first-order valence-corrected chi connectivity index (χ1v) is 6.52. The van der Waals surface area contributed by atoms with E-state index < -0.39 is 11.1 Å². The summed E-state index contributed by atoms with van der Waals surface area (Å²) in [6.45, 7) is 0. The van der Waals surface area contributed by atoms with Crippen molar-refractivity contribution in [1.82, 2.24) is 19.7 Å². The lowest BCUT2D eigenvalue weighted by Crippen LogP contribution is -2.33. The zero-order chi connectivity index (χ0) is 13.8. The van der Waals surface area contributed by atoms with Crippen molar-refractivity contribution in [1.29, 1.82) is 0 Å². The van der Waals surface area contributed by atoms with Gasteiger partial charge in [0.2, 0.25) is 0 Å². The van der Waals surface area contributed by atoms with Gasteiger partial charge in [-0.15, -0.1) is 0 Å². The van der Waals surface area contributed by atoms with Gasteiger partial charge in [-0.3, -0.25) is 19.4 Å². The normalized spacial score (nSPS) is 10.4. The number of hydrogen-bond donors (Lipinski definition) is 2. The number of aromatic nitrogens is 4. The quantitative estimate of drug-likeness (QED) is 0.613. The second-order valence-electron chi connectivity index (χ2n) is 3.75. The van der Waals surface area contributed by atoms with Crippen molar-refractivity contribution >= 4 is 17.6 Å². The maximum Gasteiger partial charge on any atom is 0.339 e. The smallest absolute Gasteiger partial charge is 0.339 e. The Kier molecular flexibility index (Phi) is 4.00. The molecule has 2 aromatic rings. The molecule has 0 amide bonds. The average molecular weight is 279 g/mol. The van der Waals surface area contributed by atoms with Gasteiger partial charge in [0.25, 0.3) is 0 Å². The molecule has 7 nitrogen and oxygen atoms in total. The molecular weight excluding hydrogens is 266 g/mol. The average Bonchev–Trinajstić information content (AvgIpc) is 2.41. The summed E-state index contributed by atoms with van der Waals surface area (Å²) >= 11 is 1.33. The van der Waals surface area contributed by atoms with Gasteiger partial charge >= 0.3 is 11.1 Å². The summed E-state index contributed by atoms with van der Waals surface area (Å²) in [6, 6.07) is 5.65. The van der Waals surface area contributed by atoms with E-state index >= 15 is 0 Å². The van der Waals surface area contributed by atoms with Gasteiger partial charge < -0.3 is 5.32 Å². The van der Waals surface area contributed by atoms with Crippen LogP contribution in [0.25, 0.3) is 0 Å². The van der Waals surface area contributed by atoms with E-state index in [0.29, 0.717) is 10.9 Å². The number of rotatable bonds is 4. The molecule has 0 aliphatic rings. The lowest BCUT2D eigenvalue weighted by molar-refractivity contribution is 0.596. The third-order valence-electron chi connectivity index (χ3n) is 2.36. The van der Waals surface area contributed by atoms with Gasteiger partial charge in [0.15, 0.2) is 5.16 Å². The maximum absolute atomic E-state index is 11.2. The fraction of sp³-hybridized carbons (Fsp3) is 0.273. The minimum atomic E-state index is -0.780. The van der Waals surface area contributed by atoms with Crippen molar-refractivity contribution in [2.75, 3.05) is 12.4 Å². The molecule has 100 valence electrons. The molecule has 19 heavy (non-hydrogen) atoms. The zero-order valence-corrected chi connectivity index (χ0v) is 11.3. The van der Waals surface area contributed by atoms with Gasteiger partial charge in [-0.2, -0.15) is 4.98 Å². The van der Waals surface area contributed by atoms with Crippen molar-refractivity contribution in [3.05, 3.63) is 44.6 Å². The number of H-pyrrole nitrogens is 1. The Hall–Kier alpha value is -2.09. The second kappa shape index (κ2) is 5.70. The van der Waals surface area contributed by atoms with Gasteiger partial charge in [-0.05, 0) is 12.1 Å². The van der Waals surface area contributed by atoms with Gasteiger partial charge in [-0.1, -0.05) is 17.8 Å². The molecular formula is C11H13N5O2S. The molecule has 2 aromatic heterocycles. The second-order valence-corrected chi connectivity index (χ2v) is 4.69. The summed E-state index contributed by atoms with van der Waals surface area (Å²) in [7, 11) is 3.43. The predicted octanol–water partition coefficient (Wildman–Crippen LogP) is 0.198. The molecule has 0 atom stereocenters. The van der Waals surface area contributed by atoms with Crippen LogP contribution < -0.4 is 16.4 Å². The Labute approximate surface area is 113 Å². The Bertz CT molecular complexity index is 694. The number of anilines is 1. The summed E-state index contributed by atoms with van der Waals surface area (Å²) in [5.41, 5.74) is -0.642. The van der Waals surface area contributed by atoms with E-state index in [1.165, 1.54) is 16.4 Å². The van der Waals surface area contributed by atoms with Crippen LogP contribution in [-0.4, -0.2) is 26.8 Å².